The van der Waals surface area contributed by atoms with Crippen LogP contribution in [-0.4, -0.2) is 0 Å². The van der Waals surface area contributed by atoms with E-state index in [1.807, 2.05) is 18.4 Å². The summed E-state index contributed by atoms with van der Waals surface area (Å²) in [5, 5.41) is 1.63. The molecule has 0 amide bonds. The van der Waals surface area contributed by atoms with E-state index < -0.39 is 17.7 Å². The van der Waals surface area contributed by atoms with E-state index in [1.54, 1.807) is 0 Å². The molecule has 1 nitrogen and oxygen atoms in total. The molecule has 5 heteroatoms. The third-order valence-electron chi connectivity index (χ3n) is 2.61. The zero-order valence-corrected chi connectivity index (χ0v) is 10.6. The SMILES string of the molecule is Cc1sccc1C(N)c1cc(F)c(Cl)cc1F. The van der Waals surface area contributed by atoms with E-state index in [4.69, 9.17) is 17.3 Å². The van der Waals surface area contributed by atoms with E-state index in [-0.39, 0.29) is 10.6 Å². The van der Waals surface area contributed by atoms with Gasteiger partial charge in [0.25, 0.3) is 0 Å². The Morgan fingerprint density at radius 3 is 2.53 bits per heavy atom. The van der Waals surface area contributed by atoms with Crippen LogP contribution in [0, 0.1) is 18.6 Å². The number of halogens is 3. The van der Waals surface area contributed by atoms with Crippen LogP contribution in [0.4, 0.5) is 8.78 Å². The maximum absolute atomic E-state index is 13.7. The molecule has 1 atom stereocenters. The summed E-state index contributed by atoms with van der Waals surface area (Å²) in [4.78, 5) is 0.993. The Kier molecular flexibility index (Phi) is 3.47. The third-order valence-corrected chi connectivity index (χ3v) is 3.76. The van der Waals surface area contributed by atoms with Crippen LogP contribution in [0.1, 0.15) is 22.0 Å². The van der Waals surface area contributed by atoms with Crippen LogP contribution in [0.25, 0.3) is 0 Å². The minimum absolute atomic E-state index is 0.119. The van der Waals surface area contributed by atoms with Crippen molar-refractivity contribution in [3.05, 3.63) is 56.2 Å². The van der Waals surface area contributed by atoms with Crippen molar-refractivity contribution in [1.29, 1.82) is 0 Å². The van der Waals surface area contributed by atoms with Gasteiger partial charge in [0, 0.05) is 10.4 Å². The van der Waals surface area contributed by atoms with Gasteiger partial charge in [0.1, 0.15) is 11.6 Å². The molecule has 1 unspecified atom stereocenters. The Balaban J connectivity index is 2.48. The average Bonchev–Trinajstić information content (AvgIpc) is 2.69. The number of aryl methyl sites for hydroxylation is 1. The second-order valence-electron chi connectivity index (χ2n) is 3.70. The molecular formula is C12H10ClF2NS. The standard InChI is InChI=1S/C12H10ClF2NS/c1-6-7(2-3-17-6)12(16)8-4-11(15)9(13)5-10(8)14/h2-5,12H,16H2,1H3. The lowest BCUT2D eigenvalue weighted by molar-refractivity contribution is 0.577. The number of hydrogen-bond acceptors (Lipinski definition) is 2. The van der Waals surface area contributed by atoms with Gasteiger partial charge in [0.15, 0.2) is 0 Å². The molecule has 1 aromatic heterocycles. The molecule has 17 heavy (non-hydrogen) atoms. The minimum Gasteiger partial charge on any atom is -0.320 e. The van der Waals surface area contributed by atoms with Crippen molar-refractivity contribution in [2.45, 2.75) is 13.0 Å². The van der Waals surface area contributed by atoms with Gasteiger partial charge in [0.2, 0.25) is 0 Å². The molecule has 0 spiro atoms. The predicted octanol–water partition coefficient (Wildman–Crippen LogP) is 4.04. The molecule has 0 saturated heterocycles. The van der Waals surface area contributed by atoms with Crippen LogP contribution in [0.2, 0.25) is 5.02 Å². The van der Waals surface area contributed by atoms with Crippen molar-refractivity contribution >= 4 is 22.9 Å². The van der Waals surface area contributed by atoms with Crippen molar-refractivity contribution in [2.75, 3.05) is 0 Å². The van der Waals surface area contributed by atoms with E-state index in [2.05, 4.69) is 0 Å². The zero-order chi connectivity index (χ0) is 12.6. The quantitative estimate of drug-likeness (QED) is 0.821. The summed E-state index contributed by atoms with van der Waals surface area (Å²) in [5.41, 5.74) is 6.86. The molecule has 0 fully saturated rings. The average molecular weight is 274 g/mol. The van der Waals surface area contributed by atoms with Gasteiger partial charge in [-0.05, 0) is 36.1 Å². The first-order valence-electron chi connectivity index (χ1n) is 4.94. The molecule has 1 aromatic carbocycles. The highest BCUT2D eigenvalue weighted by Gasteiger charge is 2.18. The number of hydrogen-bond donors (Lipinski definition) is 1. The Morgan fingerprint density at radius 1 is 1.24 bits per heavy atom. The molecule has 0 saturated carbocycles. The van der Waals surface area contributed by atoms with E-state index in [9.17, 15) is 8.78 Å². The number of rotatable bonds is 2. The molecule has 0 aliphatic rings. The Hall–Kier alpha value is -0.970. The summed E-state index contributed by atoms with van der Waals surface area (Å²) in [6, 6.07) is 3.15. The van der Waals surface area contributed by atoms with Gasteiger partial charge in [-0.2, -0.15) is 0 Å². The fraction of sp³-hybridized carbons (Fsp3) is 0.167. The second kappa shape index (κ2) is 4.72. The highest BCUT2D eigenvalue weighted by molar-refractivity contribution is 7.10. The lowest BCUT2D eigenvalue weighted by Gasteiger charge is -2.13. The summed E-state index contributed by atoms with van der Waals surface area (Å²) in [7, 11) is 0. The lowest BCUT2D eigenvalue weighted by atomic mass is 10.00. The second-order valence-corrected chi connectivity index (χ2v) is 5.23. The van der Waals surface area contributed by atoms with Crippen molar-refractivity contribution in [1.82, 2.24) is 0 Å². The van der Waals surface area contributed by atoms with Gasteiger partial charge >= 0.3 is 0 Å². The van der Waals surface area contributed by atoms with Crippen molar-refractivity contribution in [3.63, 3.8) is 0 Å². The molecule has 2 N–H and O–H groups in total. The molecule has 0 aliphatic carbocycles. The maximum atomic E-state index is 13.7. The monoisotopic (exact) mass is 273 g/mol. The number of nitrogens with two attached hydrogens (primary N) is 1. The van der Waals surface area contributed by atoms with E-state index in [0.29, 0.717) is 0 Å². The van der Waals surface area contributed by atoms with Crippen LogP contribution in [0.3, 0.4) is 0 Å². The van der Waals surface area contributed by atoms with Gasteiger partial charge < -0.3 is 5.73 Å². The van der Waals surface area contributed by atoms with Gasteiger partial charge in [-0.3, -0.25) is 0 Å². The zero-order valence-electron chi connectivity index (χ0n) is 9.01. The summed E-state index contributed by atoms with van der Waals surface area (Å²) in [6.07, 6.45) is 0. The summed E-state index contributed by atoms with van der Waals surface area (Å²) in [5.74, 6) is -1.25. The van der Waals surface area contributed by atoms with Crippen LogP contribution >= 0.6 is 22.9 Å². The Morgan fingerprint density at radius 2 is 1.94 bits per heavy atom. The first-order chi connectivity index (χ1) is 8.00. The molecule has 90 valence electrons. The molecule has 0 aliphatic heterocycles. The largest absolute Gasteiger partial charge is 0.320 e. The highest BCUT2D eigenvalue weighted by Crippen LogP contribution is 2.30. The fourth-order valence-electron chi connectivity index (χ4n) is 1.66. The molecular weight excluding hydrogens is 264 g/mol. The van der Waals surface area contributed by atoms with Crippen molar-refractivity contribution in [2.24, 2.45) is 5.73 Å². The molecule has 1 heterocycles. The first-order valence-corrected chi connectivity index (χ1v) is 6.20. The van der Waals surface area contributed by atoms with Crippen LogP contribution in [-0.2, 0) is 0 Å². The van der Waals surface area contributed by atoms with Gasteiger partial charge in [-0.25, -0.2) is 8.78 Å². The third kappa shape index (κ3) is 2.34. The normalized spacial score (nSPS) is 12.8. The summed E-state index contributed by atoms with van der Waals surface area (Å²) in [6.45, 7) is 1.89. The van der Waals surface area contributed by atoms with E-state index in [1.165, 1.54) is 11.3 Å². The van der Waals surface area contributed by atoms with Gasteiger partial charge in [-0.1, -0.05) is 11.6 Å². The Bertz CT molecular complexity index is 553. The fourth-order valence-corrected chi connectivity index (χ4v) is 2.56. The van der Waals surface area contributed by atoms with Crippen LogP contribution in [0.15, 0.2) is 23.6 Å². The predicted molar refractivity (Wildman–Crippen MR) is 66.5 cm³/mol. The first kappa shape index (κ1) is 12.5. The Labute approximate surface area is 107 Å². The van der Waals surface area contributed by atoms with Crippen molar-refractivity contribution < 1.29 is 8.78 Å². The topological polar surface area (TPSA) is 26.0 Å². The summed E-state index contributed by atoms with van der Waals surface area (Å²) < 4.78 is 27.0. The van der Waals surface area contributed by atoms with Crippen LogP contribution in [0.5, 0.6) is 0 Å². The van der Waals surface area contributed by atoms with E-state index >= 15 is 0 Å². The molecule has 0 radical (unpaired) electrons. The lowest BCUT2D eigenvalue weighted by Crippen LogP contribution is -2.14. The van der Waals surface area contributed by atoms with Gasteiger partial charge in [-0.15, -0.1) is 11.3 Å². The molecule has 0 bridgehead atoms. The minimum atomic E-state index is -0.673. The number of benzene rings is 1. The van der Waals surface area contributed by atoms with E-state index in [0.717, 1.165) is 22.6 Å². The molecule has 2 rings (SSSR count). The summed E-state index contributed by atoms with van der Waals surface area (Å²) >= 11 is 7.01. The smallest absolute Gasteiger partial charge is 0.142 e. The molecule has 2 aromatic rings. The number of thiophene rings is 1. The van der Waals surface area contributed by atoms with Crippen molar-refractivity contribution in [3.8, 4) is 0 Å². The van der Waals surface area contributed by atoms with Gasteiger partial charge in [0.05, 0.1) is 11.1 Å². The maximum Gasteiger partial charge on any atom is 0.142 e. The highest BCUT2D eigenvalue weighted by atomic mass is 35.5. The van der Waals surface area contributed by atoms with Crippen LogP contribution < -0.4 is 5.73 Å².